The van der Waals surface area contributed by atoms with Gasteiger partial charge in [-0.05, 0) is 12.8 Å². The molecule has 3 heteroatoms. The molecule has 1 aliphatic carbocycles. The van der Waals surface area contributed by atoms with E-state index < -0.39 is 0 Å². The highest BCUT2D eigenvalue weighted by atomic mass is 16.6. The molecular weight excluding hydrogens is 120 g/mol. The Morgan fingerprint density at radius 1 is 1.11 bits per heavy atom. The van der Waals surface area contributed by atoms with E-state index in [0.29, 0.717) is 0 Å². The van der Waals surface area contributed by atoms with Crippen molar-refractivity contribution in [3.8, 4) is 0 Å². The molecule has 1 rings (SSSR count). The van der Waals surface area contributed by atoms with E-state index in [0.717, 1.165) is 0 Å². The molecule has 3 nitrogen and oxygen atoms in total. The molecule has 0 radical (unpaired) electrons. The Balaban J connectivity index is 0.000000144. The molecule has 0 aliphatic heterocycles. The Labute approximate surface area is 53.3 Å². The fourth-order valence-corrected chi connectivity index (χ4v) is 0.189. The summed E-state index contributed by atoms with van der Waals surface area (Å²) in [6, 6.07) is 0. The maximum atomic E-state index is 8.95. The lowest BCUT2D eigenvalue weighted by Gasteiger charge is -1.92. The molecule has 0 unspecified atom stereocenters. The zero-order chi connectivity index (χ0) is 6.95. The highest BCUT2D eigenvalue weighted by Gasteiger charge is 1.81. The zero-order valence-electron chi connectivity index (χ0n) is 4.95. The third kappa shape index (κ3) is 6.88. The number of carbonyl (C=O) groups excluding carboxylic acids is 2. The number of carbonyl (C=O) groups is 2. The lowest BCUT2D eigenvalue weighted by atomic mass is 10.1. The topological polar surface area (TPSA) is 43.4 Å². The van der Waals surface area contributed by atoms with Gasteiger partial charge in [-0.3, -0.25) is 9.59 Å². The molecule has 0 spiro atoms. The molecule has 9 heavy (non-hydrogen) atoms. The molecule has 0 aromatic carbocycles. The minimum Gasteiger partial charge on any atom is -0.398 e. The van der Waals surface area contributed by atoms with Gasteiger partial charge in [0, 0.05) is 0 Å². The predicted octanol–water partition coefficient (Wildman–Crippen LogP) is 0.652. The van der Waals surface area contributed by atoms with Crippen LogP contribution in [0.25, 0.3) is 0 Å². The minimum atomic E-state index is 0.0625. The first kappa shape index (κ1) is 7.88. The maximum absolute atomic E-state index is 8.95. The van der Waals surface area contributed by atoms with Crippen LogP contribution in [0.5, 0.6) is 0 Å². The highest BCUT2D eigenvalue weighted by molar-refractivity contribution is 5.55. The summed E-state index contributed by atoms with van der Waals surface area (Å²) in [5.74, 6) is 0. The van der Waals surface area contributed by atoms with E-state index in [9.17, 15) is 0 Å². The van der Waals surface area contributed by atoms with Crippen molar-refractivity contribution in [3.63, 3.8) is 0 Å². The number of rotatable bonds is 2. The van der Waals surface area contributed by atoms with Crippen LogP contribution in [0.2, 0.25) is 0 Å². The van der Waals surface area contributed by atoms with Crippen LogP contribution >= 0.6 is 0 Å². The van der Waals surface area contributed by atoms with Crippen LogP contribution in [0.3, 0.4) is 0 Å². The van der Waals surface area contributed by atoms with E-state index in [2.05, 4.69) is 16.9 Å². The largest absolute Gasteiger partial charge is 0.398 e. The van der Waals surface area contributed by atoms with Crippen molar-refractivity contribution in [1.29, 1.82) is 0 Å². The Kier molecular flexibility index (Phi) is 6.02. The van der Waals surface area contributed by atoms with Crippen molar-refractivity contribution in [2.45, 2.75) is 12.8 Å². The lowest BCUT2D eigenvalue weighted by molar-refractivity contribution is -0.141. The van der Waals surface area contributed by atoms with Gasteiger partial charge < -0.3 is 4.74 Å². The Hall–Kier alpha value is -1.12. The summed E-state index contributed by atoms with van der Waals surface area (Å²) in [7, 11) is 0. The summed E-state index contributed by atoms with van der Waals surface area (Å²) in [5, 5.41) is 0. The van der Waals surface area contributed by atoms with Crippen molar-refractivity contribution in [3.05, 3.63) is 12.2 Å². The van der Waals surface area contributed by atoms with Crippen molar-refractivity contribution < 1.29 is 14.3 Å². The summed E-state index contributed by atoms with van der Waals surface area (Å²) in [5.41, 5.74) is 0. The van der Waals surface area contributed by atoms with Crippen LogP contribution in [0.1, 0.15) is 12.8 Å². The minimum absolute atomic E-state index is 0.0625. The molecule has 0 fully saturated rings. The van der Waals surface area contributed by atoms with Crippen molar-refractivity contribution >= 4 is 12.9 Å². The van der Waals surface area contributed by atoms with Crippen LogP contribution in [0.15, 0.2) is 12.2 Å². The number of hydrogen-bond acceptors (Lipinski definition) is 3. The summed E-state index contributed by atoms with van der Waals surface area (Å²) >= 11 is 0. The summed E-state index contributed by atoms with van der Waals surface area (Å²) in [6.07, 6.45) is 7.00. The van der Waals surface area contributed by atoms with Gasteiger partial charge in [-0.2, -0.15) is 0 Å². The van der Waals surface area contributed by atoms with Gasteiger partial charge in [0.15, 0.2) is 0 Å². The standard InChI is InChI=1S/C4H6.C2H2O3/c1-2-4-3-1;3-1-5-2-4/h1-2H,3-4H2;1-2H. The van der Waals surface area contributed by atoms with Gasteiger partial charge in [0.2, 0.25) is 0 Å². The molecule has 0 saturated heterocycles. The fraction of sp³-hybridized carbons (Fsp3) is 0.333. The average molecular weight is 128 g/mol. The van der Waals surface area contributed by atoms with Crippen LogP contribution in [-0.2, 0) is 14.3 Å². The first-order valence-corrected chi connectivity index (χ1v) is 2.59. The van der Waals surface area contributed by atoms with Gasteiger partial charge in [0.1, 0.15) is 0 Å². The monoisotopic (exact) mass is 128 g/mol. The van der Waals surface area contributed by atoms with Crippen LogP contribution in [0, 0.1) is 0 Å². The molecule has 0 bridgehead atoms. The van der Waals surface area contributed by atoms with Crippen LogP contribution < -0.4 is 0 Å². The SMILES string of the molecule is C1=CCC1.O=COC=O. The first-order valence-electron chi connectivity index (χ1n) is 2.59. The van der Waals surface area contributed by atoms with E-state index in [-0.39, 0.29) is 12.9 Å². The van der Waals surface area contributed by atoms with Crippen LogP contribution in [-0.4, -0.2) is 12.9 Å². The number of ether oxygens (including phenoxy) is 1. The average Bonchev–Trinajstić information content (AvgIpc) is 1.63. The quantitative estimate of drug-likeness (QED) is 0.311. The van der Waals surface area contributed by atoms with Gasteiger partial charge in [0.25, 0.3) is 0 Å². The van der Waals surface area contributed by atoms with Gasteiger partial charge in [-0.15, -0.1) is 0 Å². The predicted molar refractivity (Wildman–Crippen MR) is 31.6 cm³/mol. The normalized spacial score (nSPS) is 12.0. The van der Waals surface area contributed by atoms with Gasteiger partial charge in [-0.1, -0.05) is 12.2 Å². The van der Waals surface area contributed by atoms with E-state index in [4.69, 9.17) is 9.59 Å². The van der Waals surface area contributed by atoms with Crippen molar-refractivity contribution in [2.75, 3.05) is 0 Å². The van der Waals surface area contributed by atoms with E-state index in [1.165, 1.54) is 12.8 Å². The van der Waals surface area contributed by atoms with E-state index in [1.807, 2.05) is 0 Å². The molecule has 0 saturated carbocycles. The molecule has 0 heterocycles. The highest BCUT2D eigenvalue weighted by Crippen LogP contribution is 2.01. The summed E-state index contributed by atoms with van der Waals surface area (Å²) < 4.78 is 3.47. The summed E-state index contributed by atoms with van der Waals surface area (Å²) in [6.45, 7) is 0.125. The molecule has 0 aromatic rings. The molecule has 0 amide bonds. The second-order valence-corrected chi connectivity index (χ2v) is 1.38. The molecule has 0 aromatic heterocycles. The van der Waals surface area contributed by atoms with Crippen molar-refractivity contribution in [1.82, 2.24) is 0 Å². The van der Waals surface area contributed by atoms with Crippen LogP contribution in [0.4, 0.5) is 0 Å². The maximum Gasteiger partial charge on any atom is 0.300 e. The fourth-order valence-electron chi connectivity index (χ4n) is 0.189. The third-order valence-electron chi connectivity index (χ3n) is 0.778. The summed E-state index contributed by atoms with van der Waals surface area (Å²) in [4.78, 5) is 17.9. The molecule has 50 valence electrons. The van der Waals surface area contributed by atoms with Gasteiger partial charge in [0.05, 0.1) is 0 Å². The zero-order valence-corrected chi connectivity index (χ0v) is 4.95. The Bertz CT molecular complexity index is 94.9. The van der Waals surface area contributed by atoms with Gasteiger partial charge >= 0.3 is 12.9 Å². The lowest BCUT2D eigenvalue weighted by Crippen LogP contribution is -1.77. The molecular formula is C6H8O3. The second-order valence-electron chi connectivity index (χ2n) is 1.38. The number of allylic oxidation sites excluding steroid dienone is 2. The molecule has 0 N–H and O–H groups in total. The first-order chi connectivity index (χ1) is 4.41. The smallest absolute Gasteiger partial charge is 0.300 e. The van der Waals surface area contributed by atoms with E-state index >= 15 is 0 Å². The van der Waals surface area contributed by atoms with Gasteiger partial charge in [-0.25, -0.2) is 0 Å². The molecule has 1 aliphatic rings. The Morgan fingerprint density at radius 3 is 1.44 bits per heavy atom. The Morgan fingerprint density at radius 2 is 1.44 bits per heavy atom. The van der Waals surface area contributed by atoms with E-state index in [1.54, 1.807) is 0 Å². The van der Waals surface area contributed by atoms with Crippen molar-refractivity contribution in [2.24, 2.45) is 0 Å². The number of hydrogen-bond donors (Lipinski definition) is 0. The molecule has 0 atom stereocenters. The second kappa shape index (κ2) is 6.88. The third-order valence-corrected chi connectivity index (χ3v) is 0.778.